The van der Waals surface area contributed by atoms with Crippen LogP contribution in [0.25, 0.3) is 0 Å². The van der Waals surface area contributed by atoms with Crippen LogP contribution in [0.5, 0.6) is 0 Å². The van der Waals surface area contributed by atoms with E-state index in [4.69, 9.17) is 10.5 Å². The van der Waals surface area contributed by atoms with E-state index in [0.29, 0.717) is 25.4 Å². The first kappa shape index (κ1) is 14.4. The van der Waals surface area contributed by atoms with Crippen molar-refractivity contribution in [3.63, 3.8) is 0 Å². The number of pyridine rings is 1. The minimum atomic E-state index is -0.614. The topological polar surface area (TPSA) is 97.5 Å². The van der Waals surface area contributed by atoms with Gasteiger partial charge in [-0.15, -0.1) is 0 Å². The number of ether oxygens (including phenoxy) is 1. The van der Waals surface area contributed by atoms with E-state index in [-0.39, 0.29) is 18.4 Å². The maximum absolute atomic E-state index is 12.4. The molecule has 2 rings (SSSR count). The normalized spacial score (nSPS) is 18.7. The van der Waals surface area contributed by atoms with Gasteiger partial charge in [-0.25, -0.2) is 0 Å². The third-order valence-electron chi connectivity index (χ3n) is 3.22. The van der Waals surface area contributed by atoms with E-state index in [0.717, 1.165) is 5.56 Å². The van der Waals surface area contributed by atoms with Gasteiger partial charge in [0.05, 0.1) is 13.2 Å². The van der Waals surface area contributed by atoms with Gasteiger partial charge in [0.2, 0.25) is 5.91 Å². The third kappa shape index (κ3) is 2.94. The van der Waals surface area contributed by atoms with Crippen LogP contribution in [0.2, 0.25) is 0 Å². The van der Waals surface area contributed by atoms with Crippen molar-refractivity contribution in [2.75, 3.05) is 26.8 Å². The van der Waals surface area contributed by atoms with Gasteiger partial charge in [0.25, 0.3) is 5.91 Å². The molecule has 0 aromatic carbocycles. The van der Waals surface area contributed by atoms with Crippen molar-refractivity contribution in [2.24, 2.45) is 5.73 Å². The highest BCUT2D eigenvalue weighted by Crippen LogP contribution is 2.12. The molecule has 7 nitrogen and oxygen atoms in total. The Morgan fingerprint density at radius 2 is 2.35 bits per heavy atom. The van der Waals surface area contributed by atoms with Crippen LogP contribution in [0.15, 0.2) is 18.3 Å². The summed E-state index contributed by atoms with van der Waals surface area (Å²) in [6.07, 6.45) is 1.57. The van der Waals surface area contributed by atoms with Crippen LogP contribution >= 0.6 is 0 Å². The average Bonchev–Trinajstić information content (AvgIpc) is 2.53. The Morgan fingerprint density at radius 1 is 1.55 bits per heavy atom. The lowest BCUT2D eigenvalue weighted by atomic mass is 10.1. The molecular weight excluding hydrogens is 260 g/mol. The van der Waals surface area contributed by atoms with Gasteiger partial charge >= 0.3 is 0 Å². The van der Waals surface area contributed by atoms with Gasteiger partial charge in [-0.2, -0.15) is 0 Å². The van der Waals surface area contributed by atoms with Gasteiger partial charge in [0, 0.05) is 26.3 Å². The Hall–Kier alpha value is -1.99. The fourth-order valence-electron chi connectivity index (χ4n) is 2.05. The van der Waals surface area contributed by atoms with E-state index in [1.54, 1.807) is 18.3 Å². The molecule has 1 aromatic heterocycles. The Morgan fingerprint density at radius 3 is 2.95 bits per heavy atom. The summed E-state index contributed by atoms with van der Waals surface area (Å²) >= 11 is 0. The molecule has 0 saturated carbocycles. The number of nitrogens with one attached hydrogen (secondary N) is 1. The molecule has 3 N–H and O–H groups in total. The zero-order valence-corrected chi connectivity index (χ0v) is 11.3. The highest BCUT2D eigenvalue weighted by atomic mass is 16.5. The van der Waals surface area contributed by atoms with Gasteiger partial charge in [-0.05, 0) is 11.6 Å². The van der Waals surface area contributed by atoms with Gasteiger partial charge in [-0.3, -0.25) is 14.6 Å². The highest BCUT2D eigenvalue weighted by molar-refractivity contribution is 5.96. The second-order valence-electron chi connectivity index (χ2n) is 4.46. The Balaban J connectivity index is 2.18. The number of likely N-dealkylation sites (N-methyl/N-ethyl adjacent to an activating group) is 1. The molecule has 108 valence electrons. The van der Waals surface area contributed by atoms with E-state index >= 15 is 0 Å². The number of aromatic nitrogens is 1. The van der Waals surface area contributed by atoms with Crippen molar-refractivity contribution >= 4 is 11.8 Å². The van der Waals surface area contributed by atoms with Crippen LogP contribution in [0.4, 0.5) is 0 Å². The summed E-state index contributed by atoms with van der Waals surface area (Å²) in [6, 6.07) is 2.77. The number of rotatable bonds is 3. The van der Waals surface area contributed by atoms with Crippen LogP contribution < -0.4 is 11.1 Å². The van der Waals surface area contributed by atoms with E-state index in [9.17, 15) is 9.59 Å². The highest BCUT2D eigenvalue weighted by Gasteiger charge is 2.33. The SMILES string of the molecule is CNC(=O)C1COCCN1C(=O)c1ccc(CN)cn1. The van der Waals surface area contributed by atoms with Crippen molar-refractivity contribution in [3.05, 3.63) is 29.6 Å². The summed E-state index contributed by atoms with van der Waals surface area (Å²) in [5.41, 5.74) is 6.65. The van der Waals surface area contributed by atoms with Crippen LogP contribution in [-0.2, 0) is 16.1 Å². The van der Waals surface area contributed by atoms with Crippen molar-refractivity contribution in [1.82, 2.24) is 15.2 Å². The first-order chi connectivity index (χ1) is 9.67. The first-order valence-electron chi connectivity index (χ1n) is 6.42. The van der Waals surface area contributed by atoms with Gasteiger partial charge in [-0.1, -0.05) is 6.07 Å². The van der Waals surface area contributed by atoms with Crippen LogP contribution in [0, 0.1) is 0 Å². The Kier molecular flexibility index (Phi) is 4.65. The fourth-order valence-corrected chi connectivity index (χ4v) is 2.05. The molecule has 20 heavy (non-hydrogen) atoms. The number of hydrogen-bond acceptors (Lipinski definition) is 5. The number of carbonyl (C=O) groups excluding carboxylic acids is 2. The summed E-state index contributed by atoms with van der Waals surface area (Å²) in [5, 5.41) is 2.54. The molecular formula is C13H18N4O3. The zero-order chi connectivity index (χ0) is 14.5. The monoisotopic (exact) mass is 278 g/mol. The molecule has 2 amide bonds. The zero-order valence-electron chi connectivity index (χ0n) is 11.3. The van der Waals surface area contributed by atoms with Gasteiger partial charge in [0.15, 0.2) is 0 Å². The molecule has 0 radical (unpaired) electrons. The molecule has 0 spiro atoms. The smallest absolute Gasteiger partial charge is 0.273 e. The number of hydrogen-bond donors (Lipinski definition) is 2. The van der Waals surface area contributed by atoms with E-state index < -0.39 is 6.04 Å². The second-order valence-corrected chi connectivity index (χ2v) is 4.46. The fraction of sp³-hybridized carbons (Fsp3) is 0.462. The summed E-state index contributed by atoms with van der Waals surface area (Å²) in [6.45, 7) is 1.36. The molecule has 1 fully saturated rings. The molecule has 1 atom stereocenters. The predicted octanol–water partition coefficient (Wildman–Crippen LogP) is -0.873. The van der Waals surface area contributed by atoms with Crippen LogP contribution in [-0.4, -0.2) is 54.5 Å². The summed E-state index contributed by atoms with van der Waals surface area (Å²) in [5.74, 6) is -0.512. The largest absolute Gasteiger partial charge is 0.377 e. The number of morpholine rings is 1. The molecule has 1 saturated heterocycles. The standard InChI is InChI=1S/C13H18N4O3/c1-15-12(18)11-8-20-5-4-17(11)13(19)10-3-2-9(6-14)7-16-10/h2-3,7,11H,4-6,8,14H2,1H3,(H,15,18). The van der Waals surface area contributed by atoms with Crippen molar-refractivity contribution < 1.29 is 14.3 Å². The Labute approximate surface area is 117 Å². The molecule has 7 heteroatoms. The molecule has 1 aliphatic rings. The van der Waals surface area contributed by atoms with E-state index in [1.165, 1.54) is 11.9 Å². The Bertz CT molecular complexity index is 489. The quantitative estimate of drug-likeness (QED) is 0.749. The number of nitrogens with zero attached hydrogens (tertiary/aromatic N) is 2. The van der Waals surface area contributed by atoms with Gasteiger partial charge in [0.1, 0.15) is 11.7 Å². The molecule has 1 aliphatic heterocycles. The summed E-state index contributed by atoms with van der Waals surface area (Å²) in [7, 11) is 1.54. The van der Waals surface area contributed by atoms with Gasteiger partial charge < -0.3 is 20.7 Å². The van der Waals surface area contributed by atoms with Crippen LogP contribution in [0.3, 0.4) is 0 Å². The van der Waals surface area contributed by atoms with Crippen molar-refractivity contribution in [2.45, 2.75) is 12.6 Å². The molecule has 1 unspecified atom stereocenters. The lowest BCUT2D eigenvalue weighted by molar-refractivity contribution is -0.130. The van der Waals surface area contributed by atoms with Crippen LogP contribution in [0.1, 0.15) is 16.1 Å². The average molecular weight is 278 g/mol. The minimum absolute atomic E-state index is 0.201. The molecule has 0 bridgehead atoms. The molecule has 0 aliphatic carbocycles. The number of carbonyl (C=O) groups is 2. The van der Waals surface area contributed by atoms with Crippen molar-refractivity contribution in [3.8, 4) is 0 Å². The minimum Gasteiger partial charge on any atom is -0.377 e. The predicted molar refractivity (Wildman–Crippen MR) is 71.8 cm³/mol. The van der Waals surface area contributed by atoms with E-state index in [1.807, 2.05) is 0 Å². The first-order valence-corrected chi connectivity index (χ1v) is 6.42. The lowest BCUT2D eigenvalue weighted by Crippen LogP contribution is -2.55. The number of amides is 2. The van der Waals surface area contributed by atoms with E-state index in [2.05, 4.69) is 10.3 Å². The molecule has 2 heterocycles. The van der Waals surface area contributed by atoms with Crippen molar-refractivity contribution in [1.29, 1.82) is 0 Å². The maximum atomic E-state index is 12.4. The summed E-state index contributed by atoms with van der Waals surface area (Å²) < 4.78 is 5.27. The maximum Gasteiger partial charge on any atom is 0.273 e. The lowest BCUT2D eigenvalue weighted by Gasteiger charge is -2.34. The molecule has 1 aromatic rings. The number of nitrogens with two attached hydrogens (primary N) is 1. The second kappa shape index (κ2) is 6.44. The third-order valence-corrected chi connectivity index (χ3v) is 3.22. The summed E-state index contributed by atoms with van der Waals surface area (Å²) in [4.78, 5) is 29.8.